The van der Waals surface area contributed by atoms with E-state index in [1.807, 2.05) is 12.1 Å². The van der Waals surface area contributed by atoms with Gasteiger partial charge >= 0.3 is 0 Å². The van der Waals surface area contributed by atoms with Crippen molar-refractivity contribution < 1.29 is 5.11 Å². The number of benzene rings is 1. The van der Waals surface area contributed by atoms with Crippen LogP contribution in [0, 0.1) is 0 Å². The SMILES string of the molecule is CCSC1CCC(NC2CCc3c(O)cccc32)C1. The van der Waals surface area contributed by atoms with Gasteiger partial charge in [-0.25, -0.2) is 0 Å². The van der Waals surface area contributed by atoms with Crippen LogP contribution in [0.1, 0.15) is 49.8 Å². The van der Waals surface area contributed by atoms with Crippen LogP contribution in [0.3, 0.4) is 0 Å². The Hall–Kier alpha value is -0.670. The Labute approximate surface area is 120 Å². The maximum atomic E-state index is 9.89. The molecule has 2 N–H and O–H groups in total. The molecule has 0 saturated heterocycles. The zero-order chi connectivity index (χ0) is 13.2. The molecule has 2 aliphatic carbocycles. The van der Waals surface area contributed by atoms with E-state index in [-0.39, 0.29) is 0 Å². The molecule has 0 aromatic heterocycles. The lowest BCUT2D eigenvalue weighted by molar-refractivity contribution is 0.438. The Morgan fingerprint density at radius 3 is 3.05 bits per heavy atom. The van der Waals surface area contributed by atoms with E-state index in [1.165, 1.54) is 30.6 Å². The summed E-state index contributed by atoms with van der Waals surface area (Å²) in [7, 11) is 0. The molecule has 1 aromatic carbocycles. The molecule has 1 fully saturated rings. The largest absolute Gasteiger partial charge is 0.508 e. The molecule has 0 aliphatic heterocycles. The van der Waals surface area contributed by atoms with Crippen molar-refractivity contribution in [3.05, 3.63) is 29.3 Å². The van der Waals surface area contributed by atoms with Gasteiger partial charge in [0.15, 0.2) is 0 Å². The van der Waals surface area contributed by atoms with Crippen molar-refractivity contribution in [2.24, 2.45) is 0 Å². The van der Waals surface area contributed by atoms with E-state index in [0.717, 1.165) is 23.7 Å². The van der Waals surface area contributed by atoms with E-state index in [9.17, 15) is 5.11 Å². The standard InChI is InChI=1S/C16H23NOS/c1-2-19-12-7-6-11(10-12)17-15-9-8-14-13(15)4-3-5-16(14)18/h3-5,11-12,15,17-18H,2,6-10H2,1H3. The van der Waals surface area contributed by atoms with E-state index in [1.54, 1.807) is 0 Å². The zero-order valence-electron chi connectivity index (χ0n) is 11.6. The molecule has 3 atom stereocenters. The highest BCUT2D eigenvalue weighted by Gasteiger charge is 2.30. The predicted molar refractivity (Wildman–Crippen MR) is 81.9 cm³/mol. The van der Waals surface area contributed by atoms with Crippen LogP contribution in [-0.4, -0.2) is 22.2 Å². The minimum atomic E-state index is 0.456. The summed E-state index contributed by atoms with van der Waals surface area (Å²) < 4.78 is 0. The van der Waals surface area contributed by atoms with E-state index in [0.29, 0.717) is 17.8 Å². The molecular weight excluding hydrogens is 254 g/mol. The van der Waals surface area contributed by atoms with Crippen LogP contribution < -0.4 is 5.32 Å². The second-order valence-corrected chi connectivity index (χ2v) is 7.27. The second-order valence-electron chi connectivity index (χ2n) is 5.69. The van der Waals surface area contributed by atoms with Crippen LogP contribution in [0.2, 0.25) is 0 Å². The molecule has 1 aromatic rings. The smallest absolute Gasteiger partial charge is 0.119 e. The van der Waals surface area contributed by atoms with Crippen LogP contribution in [-0.2, 0) is 6.42 Å². The summed E-state index contributed by atoms with van der Waals surface area (Å²) in [4.78, 5) is 0. The van der Waals surface area contributed by atoms with Gasteiger partial charge in [0, 0.05) is 17.3 Å². The zero-order valence-corrected chi connectivity index (χ0v) is 12.4. The molecule has 0 bridgehead atoms. The Morgan fingerprint density at radius 1 is 1.32 bits per heavy atom. The first-order chi connectivity index (χ1) is 9.28. The first-order valence-electron chi connectivity index (χ1n) is 7.46. The van der Waals surface area contributed by atoms with Crippen molar-refractivity contribution in [1.82, 2.24) is 5.32 Å². The molecule has 2 nitrogen and oxygen atoms in total. The molecule has 0 spiro atoms. The number of phenolic OH excluding ortho intramolecular Hbond substituents is 1. The Morgan fingerprint density at radius 2 is 2.21 bits per heavy atom. The van der Waals surface area contributed by atoms with Crippen LogP contribution in [0.25, 0.3) is 0 Å². The van der Waals surface area contributed by atoms with Gasteiger partial charge in [0.1, 0.15) is 5.75 Å². The Balaban J connectivity index is 1.63. The Kier molecular flexibility index (Phi) is 4.04. The summed E-state index contributed by atoms with van der Waals surface area (Å²) in [5.74, 6) is 1.71. The van der Waals surface area contributed by atoms with E-state index in [4.69, 9.17) is 0 Å². The molecular formula is C16H23NOS. The monoisotopic (exact) mass is 277 g/mol. The molecule has 1 saturated carbocycles. The van der Waals surface area contributed by atoms with E-state index < -0.39 is 0 Å². The van der Waals surface area contributed by atoms with Gasteiger partial charge in [0.2, 0.25) is 0 Å². The molecule has 3 rings (SSSR count). The van der Waals surface area contributed by atoms with Gasteiger partial charge < -0.3 is 10.4 Å². The topological polar surface area (TPSA) is 32.3 Å². The Bertz CT molecular complexity index is 448. The van der Waals surface area contributed by atoms with Gasteiger partial charge in [-0.05, 0) is 55.1 Å². The quantitative estimate of drug-likeness (QED) is 0.881. The molecule has 3 unspecified atom stereocenters. The van der Waals surface area contributed by atoms with Gasteiger partial charge in [0.25, 0.3) is 0 Å². The molecule has 3 heteroatoms. The van der Waals surface area contributed by atoms with Gasteiger partial charge in [0.05, 0.1) is 0 Å². The van der Waals surface area contributed by atoms with Crippen molar-refractivity contribution in [2.45, 2.75) is 56.4 Å². The number of rotatable bonds is 4. The molecule has 104 valence electrons. The van der Waals surface area contributed by atoms with Crippen molar-refractivity contribution in [3.8, 4) is 5.75 Å². The molecule has 19 heavy (non-hydrogen) atoms. The lowest BCUT2D eigenvalue weighted by Gasteiger charge is -2.20. The highest BCUT2D eigenvalue weighted by Crippen LogP contribution is 2.38. The molecule has 2 aliphatic rings. The van der Waals surface area contributed by atoms with Crippen molar-refractivity contribution in [2.75, 3.05) is 5.75 Å². The molecule has 0 amide bonds. The number of hydrogen-bond acceptors (Lipinski definition) is 3. The second kappa shape index (κ2) is 5.76. The van der Waals surface area contributed by atoms with Crippen molar-refractivity contribution in [3.63, 3.8) is 0 Å². The molecule has 0 heterocycles. The predicted octanol–water partition coefficient (Wildman–Crippen LogP) is 3.64. The third kappa shape index (κ3) is 2.77. The average molecular weight is 277 g/mol. The minimum absolute atomic E-state index is 0.456. The maximum absolute atomic E-state index is 9.89. The summed E-state index contributed by atoms with van der Waals surface area (Å²) >= 11 is 2.11. The summed E-state index contributed by atoms with van der Waals surface area (Å²) in [6.07, 6.45) is 6.12. The fourth-order valence-corrected chi connectivity index (χ4v) is 4.71. The number of fused-ring (bicyclic) bond motifs is 1. The number of phenols is 1. The van der Waals surface area contributed by atoms with Crippen LogP contribution in [0.15, 0.2) is 18.2 Å². The van der Waals surface area contributed by atoms with Gasteiger partial charge in [-0.1, -0.05) is 19.1 Å². The van der Waals surface area contributed by atoms with Gasteiger partial charge in [-0.15, -0.1) is 0 Å². The fourth-order valence-electron chi connectivity index (χ4n) is 3.57. The summed E-state index contributed by atoms with van der Waals surface area (Å²) in [6, 6.07) is 7.08. The lowest BCUT2D eigenvalue weighted by Crippen LogP contribution is -2.30. The van der Waals surface area contributed by atoms with Crippen molar-refractivity contribution >= 4 is 11.8 Å². The normalized spacial score (nSPS) is 29.6. The summed E-state index contributed by atoms with van der Waals surface area (Å²) in [6.45, 7) is 2.25. The number of thioether (sulfide) groups is 1. The number of nitrogens with one attached hydrogen (secondary N) is 1. The average Bonchev–Trinajstić information content (AvgIpc) is 3.00. The molecule has 0 radical (unpaired) electrons. The van der Waals surface area contributed by atoms with Crippen LogP contribution in [0.4, 0.5) is 0 Å². The summed E-state index contributed by atoms with van der Waals surface area (Å²) in [5, 5.41) is 14.6. The van der Waals surface area contributed by atoms with Gasteiger partial charge in [-0.3, -0.25) is 0 Å². The van der Waals surface area contributed by atoms with Crippen LogP contribution >= 0.6 is 11.8 Å². The highest BCUT2D eigenvalue weighted by atomic mass is 32.2. The first-order valence-corrected chi connectivity index (χ1v) is 8.51. The third-order valence-corrected chi connectivity index (χ3v) is 5.70. The highest BCUT2D eigenvalue weighted by molar-refractivity contribution is 7.99. The first kappa shape index (κ1) is 13.3. The summed E-state index contributed by atoms with van der Waals surface area (Å²) in [5.41, 5.74) is 2.49. The van der Waals surface area contributed by atoms with Crippen molar-refractivity contribution in [1.29, 1.82) is 0 Å². The maximum Gasteiger partial charge on any atom is 0.119 e. The lowest BCUT2D eigenvalue weighted by atomic mass is 10.1. The van der Waals surface area contributed by atoms with Crippen LogP contribution in [0.5, 0.6) is 5.75 Å². The van der Waals surface area contributed by atoms with E-state index >= 15 is 0 Å². The van der Waals surface area contributed by atoms with E-state index in [2.05, 4.69) is 30.1 Å². The van der Waals surface area contributed by atoms with Gasteiger partial charge in [-0.2, -0.15) is 11.8 Å². The minimum Gasteiger partial charge on any atom is -0.508 e. The number of aromatic hydroxyl groups is 1. The fraction of sp³-hybridized carbons (Fsp3) is 0.625. The number of hydrogen-bond donors (Lipinski definition) is 2. The third-order valence-electron chi connectivity index (χ3n) is 4.47.